The van der Waals surface area contributed by atoms with Crippen LogP contribution >= 0.6 is 0 Å². The highest BCUT2D eigenvalue weighted by atomic mass is 16.6. The first-order valence-electron chi connectivity index (χ1n) is 7.68. The number of imidazole rings is 1. The number of fused-ring (bicyclic) bond motifs is 1. The molecule has 1 heterocycles. The third-order valence-corrected chi connectivity index (χ3v) is 3.83. The number of nitrogens with zero attached hydrogens (tertiary/aromatic N) is 3. The zero-order valence-electron chi connectivity index (χ0n) is 13.0. The summed E-state index contributed by atoms with van der Waals surface area (Å²) in [6.07, 6.45) is 3.65. The van der Waals surface area contributed by atoms with Crippen LogP contribution in [0.25, 0.3) is 11.0 Å². The molecule has 2 N–H and O–H groups in total. The molecule has 0 saturated heterocycles. The normalized spacial score (nSPS) is 11.2. The maximum absolute atomic E-state index is 12.6. The minimum absolute atomic E-state index is 0.0930. The molecule has 0 unspecified atom stereocenters. The van der Waals surface area contributed by atoms with Crippen molar-refractivity contribution in [3.8, 4) is 0 Å². The molecule has 0 atom stereocenters. The number of aromatic nitrogens is 2. The van der Waals surface area contributed by atoms with Gasteiger partial charge in [0.25, 0.3) is 5.69 Å². The molecule has 22 heavy (non-hydrogen) atoms. The Kier molecular flexibility index (Phi) is 4.85. The van der Waals surface area contributed by atoms with Crippen LogP contribution < -0.4 is 11.4 Å². The van der Waals surface area contributed by atoms with Crippen LogP contribution in [0.15, 0.2) is 16.9 Å². The Morgan fingerprint density at radius 1 is 1.09 bits per heavy atom. The Hall–Kier alpha value is -2.31. The molecule has 0 saturated carbocycles. The minimum atomic E-state index is -0.507. The van der Waals surface area contributed by atoms with Gasteiger partial charge in [0.2, 0.25) is 0 Å². The zero-order chi connectivity index (χ0) is 16.3. The summed E-state index contributed by atoms with van der Waals surface area (Å²) in [5, 5.41) is 11.1. The van der Waals surface area contributed by atoms with Crippen molar-refractivity contribution in [2.45, 2.75) is 52.6 Å². The van der Waals surface area contributed by atoms with Gasteiger partial charge in [-0.1, -0.05) is 26.7 Å². The van der Waals surface area contributed by atoms with Gasteiger partial charge in [0.15, 0.2) is 0 Å². The lowest BCUT2D eigenvalue weighted by Gasteiger charge is -2.03. The van der Waals surface area contributed by atoms with Gasteiger partial charge < -0.3 is 5.73 Å². The first kappa shape index (κ1) is 16.1. The van der Waals surface area contributed by atoms with E-state index in [-0.39, 0.29) is 17.1 Å². The molecule has 0 amide bonds. The second-order valence-corrected chi connectivity index (χ2v) is 5.45. The van der Waals surface area contributed by atoms with E-state index >= 15 is 0 Å². The second kappa shape index (κ2) is 6.64. The number of hydrogen-bond donors (Lipinski definition) is 1. The molecule has 1 aromatic carbocycles. The molecule has 7 nitrogen and oxygen atoms in total. The van der Waals surface area contributed by atoms with E-state index < -0.39 is 4.92 Å². The topological polar surface area (TPSA) is 96.1 Å². The Balaban J connectivity index is 2.68. The average molecular weight is 306 g/mol. The Bertz CT molecular complexity index is 745. The van der Waals surface area contributed by atoms with E-state index in [0.29, 0.717) is 24.1 Å². The molecule has 0 aliphatic heterocycles. The largest absolute Gasteiger partial charge is 0.393 e. The van der Waals surface area contributed by atoms with Crippen LogP contribution in [-0.2, 0) is 13.1 Å². The van der Waals surface area contributed by atoms with Crippen molar-refractivity contribution in [2.75, 3.05) is 5.73 Å². The monoisotopic (exact) mass is 306 g/mol. The van der Waals surface area contributed by atoms with E-state index in [2.05, 4.69) is 6.92 Å². The van der Waals surface area contributed by atoms with Crippen LogP contribution in [0.1, 0.15) is 39.5 Å². The summed E-state index contributed by atoms with van der Waals surface area (Å²) in [5.74, 6) is 0. The second-order valence-electron chi connectivity index (χ2n) is 5.45. The number of benzene rings is 1. The van der Waals surface area contributed by atoms with Crippen LogP contribution in [0.2, 0.25) is 0 Å². The van der Waals surface area contributed by atoms with Crippen LogP contribution in [0, 0.1) is 10.1 Å². The smallest absolute Gasteiger partial charge is 0.329 e. The lowest BCUT2D eigenvalue weighted by molar-refractivity contribution is -0.383. The number of aryl methyl sites for hydroxylation is 2. The van der Waals surface area contributed by atoms with Crippen LogP contribution in [-0.4, -0.2) is 14.1 Å². The summed E-state index contributed by atoms with van der Waals surface area (Å²) in [6, 6.07) is 2.97. The van der Waals surface area contributed by atoms with Gasteiger partial charge in [0.05, 0.1) is 16.0 Å². The van der Waals surface area contributed by atoms with E-state index in [1.54, 1.807) is 15.2 Å². The first-order valence-corrected chi connectivity index (χ1v) is 7.68. The van der Waals surface area contributed by atoms with E-state index in [1.165, 1.54) is 6.07 Å². The number of rotatable bonds is 7. The Morgan fingerprint density at radius 2 is 1.59 bits per heavy atom. The van der Waals surface area contributed by atoms with Gasteiger partial charge in [-0.05, 0) is 18.9 Å². The fourth-order valence-electron chi connectivity index (χ4n) is 2.59. The van der Waals surface area contributed by atoms with Gasteiger partial charge in [-0.3, -0.25) is 19.2 Å². The third kappa shape index (κ3) is 2.84. The molecule has 0 aliphatic carbocycles. The van der Waals surface area contributed by atoms with E-state index in [9.17, 15) is 14.9 Å². The fourth-order valence-corrected chi connectivity index (χ4v) is 2.59. The molecular formula is C15H22N4O3. The predicted molar refractivity (Wildman–Crippen MR) is 87.1 cm³/mol. The van der Waals surface area contributed by atoms with Gasteiger partial charge in [-0.2, -0.15) is 0 Å². The predicted octanol–water partition coefficient (Wildman–Crippen LogP) is 2.89. The molecule has 0 bridgehead atoms. The van der Waals surface area contributed by atoms with E-state index in [0.717, 1.165) is 25.7 Å². The maximum atomic E-state index is 12.6. The molecule has 2 aromatic rings. The van der Waals surface area contributed by atoms with Crippen molar-refractivity contribution in [3.63, 3.8) is 0 Å². The summed E-state index contributed by atoms with van der Waals surface area (Å²) in [5.41, 5.74) is 6.88. The summed E-state index contributed by atoms with van der Waals surface area (Å²) in [4.78, 5) is 23.2. The standard InChI is InChI=1S/C15H22N4O3/c1-3-5-7-17-13-9-11(16)12(19(21)22)10-14(13)18(15(17)20)8-6-4-2/h9-10H,3-8,16H2,1-2H3. The van der Waals surface area contributed by atoms with Crippen LogP contribution in [0.3, 0.4) is 0 Å². The number of nitrogen functional groups attached to an aromatic ring is 1. The van der Waals surface area contributed by atoms with Crippen molar-refractivity contribution in [3.05, 3.63) is 32.7 Å². The number of anilines is 1. The van der Waals surface area contributed by atoms with Gasteiger partial charge in [-0.15, -0.1) is 0 Å². The van der Waals surface area contributed by atoms with Gasteiger partial charge in [0.1, 0.15) is 5.69 Å². The molecule has 120 valence electrons. The Morgan fingerprint density at radius 3 is 2.05 bits per heavy atom. The molecule has 0 fully saturated rings. The maximum Gasteiger partial charge on any atom is 0.329 e. The molecule has 0 aliphatic rings. The number of hydrogen-bond acceptors (Lipinski definition) is 4. The zero-order valence-corrected chi connectivity index (χ0v) is 13.0. The van der Waals surface area contributed by atoms with Gasteiger partial charge >= 0.3 is 5.69 Å². The molecule has 1 aromatic heterocycles. The number of nitro groups is 1. The highest BCUT2D eigenvalue weighted by Crippen LogP contribution is 2.28. The van der Waals surface area contributed by atoms with Gasteiger partial charge in [0, 0.05) is 19.2 Å². The molecule has 2 rings (SSSR count). The number of unbranched alkanes of at least 4 members (excludes halogenated alkanes) is 2. The van der Waals surface area contributed by atoms with Crippen LogP contribution in [0.5, 0.6) is 0 Å². The molecule has 0 radical (unpaired) electrons. The Labute approximate surface area is 128 Å². The fraction of sp³-hybridized carbons (Fsp3) is 0.533. The van der Waals surface area contributed by atoms with Crippen molar-refractivity contribution in [2.24, 2.45) is 0 Å². The molecular weight excluding hydrogens is 284 g/mol. The molecule has 7 heteroatoms. The SMILES string of the molecule is CCCCn1c(=O)n(CCCC)c2cc([N+](=O)[O-])c(N)cc21. The summed E-state index contributed by atoms with van der Waals surface area (Å²) < 4.78 is 3.30. The molecule has 0 spiro atoms. The average Bonchev–Trinajstić information content (AvgIpc) is 2.73. The third-order valence-electron chi connectivity index (χ3n) is 3.83. The summed E-state index contributed by atoms with van der Waals surface area (Å²) >= 11 is 0. The highest BCUT2D eigenvalue weighted by molar-refractivity contribution is 5.85. The van der Waals surface area contributed by atoms with E-state index in [4.69, 9.17) is 5.73 Å². The van der Waals surface area contributed by atoms with E-state index in [1.807, 2.05) is 6.92 Å². The first-order chi connectivity index (χ1) is 10.5. The van der Waals surface area contributed by atoms with Gasteiger partial charge in [-0.25, -0.2) is 4.79 Å². The van der Waals surface area contributed by atoms with Crippen LogP contribution in [0.4, 0.5) is 11.4 Å². The number of nitrogens with two attached hydrogens (primary N) is 1. The summed E-state index contributed by atoms with van der Waals surface area (Å²) in [6.45, 7) is 5.26. The lowest BCUT2D eigenvalue weighted by Crippen LogP contribution is -2.24. The lowest BCUT2D eigenvalue weighted by atomic mass is 10.2. The van der Waals surface area contributed by atoms with Crippen molar-refractivity contribution >= 4 is 22.4 Å². The number of nitro benzene ring substituents is 1. The minimum Gasteiger partial charge on any atom is -0.393 e. The van der Waals surface area contributed by atoms with Crippen molar-refractivity contribution < 1.29 is 4.92 Å². The highest BCUT2D eigenvalue weighted by Gasteiger charge is 2.19. The summed E-state index contributed by atoms with van der Waals surface area (Å²) in [7, 11) is 0. The van der Waals surface area contributed by atoms with Crippen molar-refractivity contribution in [1.82, 2.24) is 9.13 Å². The van der Waals surface area contributed by atoms with Crippen molar-refractivity contribution in [1.29, 1.82) is 0 Å². The quantitative estimate of drug-likeness (QED) is 0.483.